The molecule has 4 rings (SSSR count). The molecule has 3 aromatic carbocycles. The van der Waals surface area contributed by atoms with Gasteiger partial charge in [0.25, 0.3) is 5.56 Å². The van der Waals surface area contributed by atoms with Gasteiger partial charge in [0.05, 0.1) is 42.7 Å². The molecular formula is C32H28F5N4NaO6. The molecule has 0 unspecified atom stereocenters. The second kappa shape index (κ2) is 16.2. The van der Waals surface area contributed by atoms with Crippen LogP contribution in [0.3, 0.4) is 0 Å². The number of carboxylic acids is 1. The summed E-state index contributed by atoms with van der Waals surface area (Å²) >= 11 is 0. The van der Waals surface area contributed by atoms with E-state index < -0.39 is 77.3 Å². The Morgan fingerprint density at radius 2 is 1.67 bits per heavy atom. The molecule has 0 saturated carbocycles. The van der Waals surface area contributed by atoms with Crippen molar-refractivity contribution in [3.8, 4) is 16.9 Å². The zero-order valence-corrected chi connectivity index (χ0v) is 28.1. The van der Waals surface area contributed by atoms with E-state index in [0.717, 1.165) is 21.7 Å². The van der Waals surface area contributed by atoms with E-state index >= 15 is 4.39 Å². The van der Waals surface area contributed by atoms with Gasteiger partial charge >= 0.3 is 41.4 Å². The number of carbonyl (C=O) groups is 1. The molecule has 1 aromatic heterocycles. The van der Waals surface area contributed by atoms with Gasteiger partial charge in [-0.2, -0.15) is 13.2 Å². The van der Waals surface area contributed by atoms with Crippen molar-refractivity contribution in [3.63, 3.8) is 0 Å². The molecule has 0 bridgehead atoms. The summed E-state index contributed by atoms with van der Waals surface area (Å²) in [5.74, 6) is -3.94. The summed E-state index contributed by atoms with van der Waals surface area (Å²) in [4.78, 5) is 51.2. The van der Waals surface area contributed by atoms with E-state index in [0.29, 0.717) is 16.2 Å². The Kier molecular flexibility index (Phi) is 12.8. The number of ether oxygens (including phenoxy) is 1. The van der Waals surface area contributed by atoms with Crippen molar-refractivity contribution in [1.82, 2.24) is 14.1 Å². The molecule has 0 aliphatic heterocycles. The average Bonchev–Trinajstić information content (AvgIpc) is 3.03. The normalized spacial score (nSPS) is 11.8. The number of halogens is 5. The molecule has 16 heteroatoms. The maximum absolute atomic E-state index is 15.6. The quantitative estimate of drug-likeness (QED) is 0.0908. The topological polar surface area (TPSA) is 126 Å². The SMILES string of the molecule is COc1cccc(-c2c(C)n(Cc3c(F)cccc3C(F)(F)F)c(=O)n(C[C@H](c3ccccc3)N(CCCC(=O)[O-])N=O)c2=O)c1F.[Na+]. The summed E-state index contributed by atoms with van der Waals surface area (Å²) in [6.45, 7) is -0.667. The van der Waals surface area contributed by atoms with Gasteiger partial charge in [0, 0.05) is 29.3 Å². The summed E-state index contributed by atoms with van der Waals surface area (Å²) in [5.41, 5.74) is -5.20. The van der Waals surface area contributed by atoms with Crippen LogP contribution in [0.2, 0.25) is 0 Å². The molecule has 0 radical (unpaired) electrons. The molecule has 0 aliphatic rings. The van der Waals surface area contributed by atoms with Gasteiger partial charge in [-0.1, -0.05) is 48.5 Å². The number of hydrogen-bond donors (Lipinski definition) is 0. The number of alkyl halides is 3. The van der Waals surface area contributed by atoms with E-state index in [9.17, 15) is 42.0 Å². The third-order valence-corrected chi connectivity index (χ3v) is 7.65. The van der Waals surface area contributed by atoms with Crippen LogP contribution in [0.25, 0.3) is 11.1 Å². The molecule has 10 nitrogen and oxygen atoms in total. The molecule has 1 atom stereocenters. The Morgan fingerprint density at radius 3 is 2.27 bits per heavy atom. The first-order valence-electron chi connectivity index (χ1n) is 14.2. The Balaban J connectivity index is 0.00000625. The number of carbonyl (C=O) groups excluding carboxylic acids is 1. The van der Waals surface area contributed by atoms with Crippen molar-refractivity contribution in [2.24, 2.45) is 5.29 Å². The second-order valence-corrected chi connectivity index (χ2v) is 10.5. The molecule has 0 amide bonds. The van der Waals surface area contributed by atoms with Crippen LogP contribution < -0.4 is 50.6 Å². The van der Waals surface area contributed by atoms with Crippen molar-refractivity contribution in [2.75, 3.05) is 13.7 Å². The molecule has 48 heavy (non-hydrogen) atoms. The van der Waals surface area contributed by atoms with Crippen LogP contribution in [-0.4, -0.2) is 33.8 Å². The fourth-order valence-corrected chi connectivity index (χ4v) is 5.32. The molecule has 0 spiro atoms. The molecular weight excluding hydrogens is 654 g/mol. The van der Waals surface area contributed by atoms with E-state index in [1.165, 1.54) is 32.2 Å². The van der Waals surface area contributed by atoms with Crippen LogP contribution in [0, 0.1) is 23.5 Å². The predicted octanol–water partition coefficient (Wildman–Crippen LogP) is 1.60. The van der Waals surface area contributed by atoms with Crippen molar-refractivity contribution >= 4 is 5.97 Å². The van der Waals surface area contributed by atoms with Gasteiger partial charge in [0.15, 0.2) is 11.6 Å². The van der Waals surface area contributed by atoms with Crippen LogP contribution in [0.15, 0.2) is 81.6 Å². The zero-order chi connectivity index (χ0) is 34.5. The first-order valence-corrected chi connectivity index (χ1v) is 14.2. The van der Waals surface area contributed by atoms with Crippen molar-refractivity contribution < 1.29 is 66.1 Å². The Labute approximate surface area is 292 Å². The number of aromatic nitrogens is 2. The van der Waals surface area contributed by atoms with Gasteiger partial charge in [0.1, 0.15) is 5.82 Å². The molecule has 0 saturated heterocycles. The van der Waals surface area contributed by atoms with E-state index in [2.05, 4.69) is 5.29 Å². The summed E-state index contributed by atoms with van der Waals surface area (Å²) in [6.07, 6.45) is -5.54. The first-order chi connectivity index (χ1) is 22.3. The van der Waals surface area contributed by atoms with Crippen LogP contribution in [0.1, 0.15) is 41.3 Å². The van der Waals surface area contributed by atoms with Crippen LogP contribution in [0.5, 0.6) is 5.75 Å². The van der Waals surface area contributed by atoms with Crippen molar-refractivity contribution in [3.05, 3.63) is 126 Å². The molecule has 0 aliphatic carbocycles. The summed E-state index contributed by atoms with van der Waals surface area (Å²) in [5, 5.41) is 14.9. The average molecular weight is 683 g/mol. The fraction of sp³-hybridized carbons (Fsp3) is 0.281. The monoisotopic (exact) mass is 682 g/mol. The van der Waals surface area contributed by atoms with Gasteiger partial charge in [0.2, 0.25) is 0 Å². The molecule has 248 valence electrons. The van der Waals surface area contributed by atoms with Crippen LogP contribution in [-0.2, 0) is 24.1 Å². The summed E-state index contributed by atoms with van der Waals surface area (Å²) in [7, 11) is 1.18. The van der Waals surface area contributed by atoms with Gasteiger partial charge in [-0.25, -0.2) is 13.6 Å². The minimum atomic E-state index is -5.01. The third-order valence-electron chi connectivity index (χ3n) is 7.65. The van der Waals surface area contributed by atoms with Crippen LogP contribution in [0.4, 0.5) is 22.0 Å². The zero-order valence-electron chi connectivity index (χ0n) is 26.1. The number of nitrogens with zero attached hydrogens (tertiary/aromatic N) is 4. The molecule has 0 N–H and O–H groups in total. The maximum Gasteiger partial charge on any atom is 1.00 e. The van der Waals surface area contributed by atoms with Gasteiger partial charge in [-0.05, 0) is 43.5 Å². The first kappa shape index (κ1) is 38.1. The van der Waals surface area contributed by atoms with Gasteiger partial charge in [-0.3, -0.25) is 18.9 Å². The van der Waals surface area contributed by atoms with Crippen molar-refractivity contribution in [2.45, 2.75) is 45.1 Å². The predicted molar refractivity (Wildman–Crippen MR) is 158 cm³/mol. The molecule has 0 fully saturated rings. The Morgan fingerprint density at radius 1 is 1.00 bits per heavy atom. The second-order valence-electron chi connectivity index (χ2n) is 10.5. The van der Waals surface area contributed by atoms with Gasteiger partial charge in [-0.15, -0.1) is 4.91 Å². The number of methoxy groups -OCH3 is 1. The standard InChI is InChI=1S/C32H29F5N4O6.Na/c1-19-28(21-11-6-14-26(47-2)29(21)34)30(44)40(31(45)39(19)17-22-23(32(35,36)37)12-7-13-24(22)33)18-25(20-9-4-3-5-10-20)41(38-46)16-8-15-27(42)43;/h3-7,9-14,25H,8,15-18H2,1-2H3,(H,42,43);/q;+1/p-1/t25-;/m1./s1. The number of carboxylic acid groups (broad SMARTS) is 1. The Bertz CT molecular complexity index is 1900. The minimum absolute atomic E-state index is 0. The van der Waals surface area contributed by atoms with E-state index in [-0.39, 0.29) is 59.5 Å². The number of benzene rings is 3. The maximum atomic E-state index is 15.6. The fourth-order valence-electron chi connectivity index (χ4n) is 5.32. The minimum Gasteiger partial charge on any atom is -0.550 e. The van der Waals surface area contributed by atoms with E-state index in [4.69, 9.17) is 4.74 Å². The number of rotatable bonds is 13. The third kappa shape index (κ3) is 8.20. The van der Waals surface area contributed by atoms with E-state index in [1.54, 1.807) is 30.3 Å². The van der Waals surface area contributed by atoms with E-state index in [1.807, 2.05) is 0 Å². The van der Waals surface area contributed by atoms with Crippen LogP contribution >= 0.6 is 0 Å². The summed E-state index contributed by atoms with van der Waals surface area (Å²) < 4.78 is 78.8. The van der Waals surface area contributed by atoms with Crippen molar-refractivity contribution in [1.29, 1.82) is 0 Å². The van der Waals surface area contributed by atoms with Gasteiger partial charge < -0.3 is 14.6 Å². The number of hydrogen-bond acceptors (Lipinski definition) is 7. The summed E-state index contributed by atoms with van der Waals surface area (Å²) in [6, 6.07) is 12.9. The Hall–Kier alpha value is -4.34. The number of nitroso groups, excluding NO2 is 1. The number of aliphatic carboxylic acids is 1. The smallest absolute Gasteiger partial charge is 0.550 e. The largest absolute Gasteiger partial charge is 1.00 e. The molecule has 1 heterocycles. The molecule has 4 aromatic rings.